The lowest BCUT2D eigenvalue weighted by molar-refractivity contribution is -0.192. The van der Waals surface area contributed by atoms with Crippen LogP contribution in [0.15, 0.2) is 16.8 Å². The maximum atomic E-state index is 12.6. The lowest BCUT2D eigenvalue weighted by Crippen LogP contribution is -2.35. The molecule has 0 saturated carbocycles. The van der Waals surface area contributed by atoms with Crippen molar-refractivity contribution in [2.24, 2.45) is 5.92 Å². The van der Waals surface area contributed by atoms with Gasteiger partial charge < -0.3 is 30.7 Å². The summed E-state index contributed by atoms with van der Waals surface area (Å²) in [5.41, 5.74) is 1.13. The molecule has 1 unspecified atom stereocenters. The topological polar surface area (TPSA) is 145 Å². The number of hydrogen-bond donors (Lipinski definition) is 5. The number of hydrogen-bond acceptors (Lipinski definition) is 11. The van der Waals surface area contributed by atoms with E-state index in [0.29, 0.717) is 12.2 Å². The van der Waals surface area contributed by atoms with Crippen LogP contribution in [0, 0.1) is 5.92 Å². The Morgan fingerprint density at radius 2 is 1.84 bits per heavy atom. The van der Waals surface area contributed by atoms with Crippen molar-refractivity contribution in [3.05, 3.63) is 22.4 Å². The molecule has 0 aliphatic rings. The lowest BCUT2D eigenvalue weighted by atomic mass is 10.0. The van der Waals surface area contributed by atoms with Crippen LogP contribution in [-0.4, -0.2) is 95.4 Å². The third-order valence-electron chi connectivity index (χ3n) is 4.22. The van der Waals surface area contributed by atoms with E-state index in [1.807, 2.05) is 28.6 Å². The van der Waals surface area contributed by atoms with Crippen molar-refractivity contribution >= 4 is 62.5 Å². The number of aliphatic carboxylic acids is 1. The van der Waals surface area contributed by atoms with Gasteiger partial charge in [0, 0.05) is 12.3 Å². The Bertz CT molecular complexity index is 755. The molecule has 0 aliphatic heterocycles. The highest BCUT2D eigenvalue weighted by Gasteiger charge is 2.38. The summed E-state index contributed by atoms with van der Waals surface area (Å²) in [4.78, 5) is 33.2. The molecule has 1 aromatic heterocycles. The molecule has 1 amide bonds. The Morgan fingerprint density at radius 1 is 1.16 bits per heavy atom. The monoisotopic (exact) mass is 610 g/mol. The van der Waals surface area contributed by atoms with E-state index in [9.17, 15) is 22.8 Å². The number of ether oxygens (including phenoxy) is 1. The summed E-state index contributed by atoms with van der Waals surface area (Å²) in [6.07, 6.45) is -2.09. The zero-order valence-electron chi connectivity index (χ0n) is 20.2. The number of aliphatic hydroxyl groups is 2. The van der Waals surface area contributed by atoms with Crippen LogP contribution in [0.3, 0.4) is 0 Å². The average Bonchev–Trinajstić information content (AvgIpc) is 3.36. The van der Waals surface area contributed by atoms with Crippen LogP contribution in [0.4, 0.5) is 13.2 Å². The van der Waals surface area contributed by atoms with Crippen LogP contribution >= 0.6 is 44.7 Å². The molecule has 0 fully saturated rings. The summed E-state index contributed by atoms with van der Waals surface area (Å²) < 4.78 is 36.6. The number of alkyl halides is 3. The normalized spacial score (nSPS) is 12.0. The summed E-state index contributed by atoms with van der Waals surface area (Å²) in [7, 11) is 3.38. The molecular formula is C21H33F3N2O7S4. The molecule has 1 atom stereocenters. The zero-order valence-corrected chi connectivity index (χ0v) is 23.5. The Hall–Kier alpha value is -1.17. The fraction of sp³-hybridized carbons (Fsp3) is 0.667. The van der Waals surface area contributed by atoms with Crippen LogP contribution in [0.5, 0.6) is 0 Å². The first-order valence-corrected chi connectivity index (χ1v) is 15.8. The van der Waals surface area contributed by atoms with Gasteiger partial charge in [0.25, 0.3) is 0 Å². The summed E-state index contributed by atoms with van der Waals surface area (Å²) in [6.45, 7) is 0.296. The quantitative estimate of drug-likeness (QED) is 0.0724. The van der Waals surface area contributed by atoms with Gasteiger partial charge in [-0.1, -0.05) is 21.6 Å². The number of carbonyl (C=O) groups is 3. The number of aliphatic hydroxyl groups excluding tert-OH is 2. The minimum atomic E-state index is -5.08. The summed E-state index contributed by atoms with van der Waals surface area (Å²) in [6, 6.07) is 2.03. The Labute approximate surface area is 230 Å². The summed E-state index contributed by atoms with van der Waals surface area (Å²) in [5, 5.41) is 35.2. The number of halogens is 3. The van der Waals surface area contributed by atoms with Gasteiger partial charge >= 0.3 is 18.1 Å². The molecule has 1 rings (SSSR count). The van der Waals surface area contributed by atoms with Gasteiger partial charge in [-0.05, 0) is 53.8 Å². The van der Waals surface area contributed by atoms with Crippen molar-refractivity contribution in [1.82, 2.24) is 10.6 Å². The SMILES string of the molecule is CSCCCNCSSCC(Cc1ccsc1)C(=O)NCCC(=O)OC(CO)CO.O=C(O)C(F)(F)F. The predicted octanol–water partition coefficient (Wildman–Crippen LogP) is 2.62. The van der Waals surface area contributed by atoms with Crippen molar-refractivity contribution in [3.63, 3.8) is 0 Å². The second kappa shape index (κ2) is 21.7. The second-order valence-electron chi connectivity index (χ2n) is 7.25. The van der Waals surface area contributed by atoms with Gasteiger partial charge in [-0.25, -0.2) is 4.79 Å². The highest BCUT2D eigenvalue weighted by Crippen LogP contribution is 2.25. The summed E-state index contributed by atoms with van der Waals surface area (Å²) >= 11 is 3.45. The van der Waals surface area contributed by atoms with Gasteiger partial charge in [-0.15, -0.1) is 0 Å². The van der Waals surface area contributed by atoms with Gasteiger partial charge in [0.1, 0.15) is 6.10 Å². The number of thiophene rings is 1. The number of nitrogens with one attached hydrogen (secondary N) is 2. The van der Waals surface area contributed by atoms with Crippen molar-refractivity contribution in [2.75, 3.05) is 49.9 Å². The fourth-order valence-electron chi connectivity index (χ4n) is 2.36. The highest BCUT2D eigenvalue weighted by molar-refractivity contribution is 8.76. The molecule has 37 heavy (non-hydrogen) atoms. The first-order valence-electron chi connectivity index (χ1n) is 11.0. The molecular weight excluding hydrogens is 578 g/mol. The standard InChI is InChI=1S/C19H32N2O5S4.C2HF3O2/c1-27-7-2-5-20-14-30-29-13-16(9-15-4-8-28-12-15)19(25)21-6-3-18(24)26-17(10-22)11-23;3-2(4,5)1(6)7/h4,8,12,16-17,20,22-23H,2-3,5-7,9-11,13-14H2,1H3,(H,21,25);(H,6,7). The molecule has 0 saturated heterocycles. The van der Waals surface area contributed by atoms with Crippen LogP contribution in [0.1, 0.15) is 18.4 Å². The first-order chi connectivity index (χ1) is 17.5. The van der Waals surface area contributed by atoms with E-state index in [-0.39, 0.29) is 24.8 Å². The molecule has 1 aromatic rings. The van der Waals surface area contributed by atoms with E-state index in [4.69, 9.17) is 24.9 Å². The maximum Gasteiger partial charge on any atom is 0.490 e. The van der Waals surface area contributed by atoms with Crippen LogP contribution in [0.2, 0.25) is 0 Å². The maximum absolute atomic E-state index is 12.6. The van der Waals surface area contributed by atoms with Crippen molar-refractivity contribution in [1.29, 1.82) is 0 Å². The third kappa shape index (κ3) is 19.5. The van der Waals surface area contributed by atoms with E-state index in [0.717, 1.165) is 30.2 Å². The molecule has 0 aliphatic carbocycles. The molecule has 0 aromatic carbocycles. The highest BCUT2D eigenvalue weighted by atomic mass is 33.1. The van der Waals surface area contributed by atoms with Crippen molar-refractivity contribution < 1.29 is 47.6 Å². The number of thioether (sulfide) groups is 1. The Kier molecular flexibility index (Phi) is 21.0. The predicted molar refractivity (Wildman–Crippen MR) is 143 cm³/mol. The van der Waals surface area contributed by atoms with Gasteiger partial charge in [-0.2, -0.15) is 36.3 Å². The van der Waals surface area contributed by atoms with Crippen LogP contribution < -0.4 is 10.6 Å². The van der Waals surface area contributed by atoms with Gasteiger partial charge in [-0.3, -0.25) is 9.59 Å². The molecule has 16 heteroatoms. The minimum Gasteiger partial charge on any atom is -0.475 e. The lowest BCUT2D eigenvalue weighted by Gasteiger charge is -2.16. The van der Waals surface area contributed by atoms with E-state index >= 15 is 0 Å². The number of carboxylic acid groups (broad SMARTS) is 1. The number of rotatable bonds is 18. The van der Waals surface area contributed by atoms with E-state index in [1.165, 1.54) is 0 Å². The number of esters is 1. The van der Waals surface area contributed by atoms with Crippen molar-refractivity contribution in [3.8, 4) is 0 Å². The van der Waals surface area contributed by atoms with Gasteiger partial charge in [0.05, 0.1) is 31.4 Å². The molecule has 5 N–H and O–H groups in total. The zero-order chi connectivity index (χ0) is 28.1. The number of carbonyl (C=O) groups excluding carboxylic acids is 2. The molecule has 9 nitrogen and oxygen atoms in total. The smallest absolute Gasteiger partial charge is 0.475 e. The van der Waals surface area contributed by atoms with Gasteiger partial charge in [0.15, 0.2) is 0 Å². The number of carboxylic acids is 1. The third-order valence-corrected chi connectivity index (χ3v) is 7.94. The molecule has 1 heterocycles. The van der Waals surface area contributed by atoms with Gasteiger partial charge in [0.2, 0.25) is 5.91 Å². The van der Waals surface area contributed by atoms with E-state index < -0.39 is 37.4 Å². The summed E-state index contributed by atoms with van der Waals surface area (Å²) in [5.74, 6) is -0.914. The molecule has 0 bridgehead atoms. The largest absolute Gasteiger partial charge is 0.490 e. The Morgan fingerprint density at radius 3 is 2.38 bits per heavy atom. The second-order valence-corrected chi connectivity index (χ2v) is 11.5. The minimum absolute atomic E-state index is 0.00469. The van der Waals surface area contributed by atoms with Crippen LogP contribution in [0.25, 0.3) is 0 Å². The average molecular weight is 611 g/mol. The Balaban J connectivity index is 0.00000161. The number of amides is 1. The van der Waals surface area contributed by atoms with E-state index in [1.54, 1.807) is 32.9 Å². The van der Waals surface area contributed by atoms with E-state index in [2.05, 4.69) is 16.9 Å². The van der Waals surface area contributed by atoms with Crippen LogP contribution in [-0.2, 0) is 25.5 Å². The fourth-order valence-corrected chi connectivity index (χ4v) is 5.59. The molecule has 0 radical (unpaired) electrons. The molecule has 0 spiro atoms. The van der Waals surface area contributed by atoms with Crippen molar-refractivity contribution in [2.45, 2.75) is 31.5 Å². The first kappa shape index (κ1) is 35.8. The molecule has 214 valence electrons.